The van der Waals surface area contributed by atoms with E-state index in [1.165, 1.54) is 0 Å². The lowest BCUT2D eigenvalue weighted by molar-refractivity contribution is 0.590. The summed E-state index contributed by atoms with van der Waals surface area (Å²) in [6, 6.07) is 0. The summed E-state index contributed by atoms with van der Waals surface area (Å²) >= 11 is 6.06. The Morgan fingerprint density at radius 2 is 2.06 bits per heavy atom. The second-order valence-electron chi connectivity index (χ2n) is 4.28. The van der Waals surface area contributed by atoms with Gasteiger partial charge in [-0.05, 0) is 26.2 Å². The van der Waals surface area contributed by atoms with E-state index >= 15 is 0 Å². The Hall–Kier alpha value is -0.260. The first kappa shape index (κ1) is 12.2. The van der Waals surface area contributed by atoms with E-state index in [1.807, 2.05) is 6.92 Å². The fraction of sp³-hybridized carbons (Fsp3) is 0.667. The second kappa shape index (κ2) is 3.62. The van der Waals surface area contributed by atoms with Gasteiger partial charge >= 0.3 is 0 Å². The first-order chi connectivity index (χ1) is 7.27. The van der Waals surface area contributed by atoms with Gasteiger partial charge in [0.15, 0.2) is 0 Å². The Labute approximate surface area is 104 Å². The van der Waals surface area contributed by atoms with Gasteiger partial charge in [0.25, 0.3) is 0 Å². The molecule has 0 aliphatic heterocycles. The van der Waals surface area contributed by atoms with E-state index in [0.29, 0.717) is 24.4 Å². The fourth-order valence-corrected chi connectivity index (χ4v) is 3.62. The molecule has 1 heterocycles. The average molecular weight is 283 g/mol. The number of hydrogen-bond acceptors (Lipinski definition) is 3. The molecule has 1 fully saturated rings. The van der Waals surface area contributed by atoms with Crippen molar-refractivity contribution in [1.29, 1.82) is 0 Å². The molecule has 1 aliphatic carbocycles. The monoisotopic (exact) mass is 282 g/mol. The van der Waals surface area contributed by atoms with Crippen LogP contribution in [0.25, 0.3) is 0 Å². The van der Waals surface area contributed by atoms with Crippen molar-refractivity contribution in [2.75, 3.05) is 0 Å². The number of nitrogens with zero attached hydrogens (tertiary/aromatic N) is 2. The summed E-state index contributed by atoms with van der Waals surface area (Å²) in [6.45, 7) is 1.82. The summed E-state index contributed by atoms with van der Waals surface area (Å²) in [5.74, 6) is 0. The summed E-state index contributed by atoms with van der Waals surface area (Å²) in [5, 5.41) is 4.64. The smallest absolute Gasteiger partial charge is 0.238 e. The zero-order valence-corrected chi connectivity index (χ0v) is 11.3. The Morgan fingerprint density at radius 1 is 1.50 bits per heavy atom. The predicted octanol–water partition coefficient (Wildman–Crippen LogP) is 2.03. The maximum absolute atomic E-state index is 11.4. The summed E-state index contributed by atoms with van der Waals surface area (Å²) in [6.07, 6.45) is 1.56. The van der Waals surface area contributed by atoms with Crippen molar-refractivity contribution < 1.29 is 8.42 Å². The van der Waals surface area contributed by atoms with E-state index < -0.39 is 13.8 Å². The standard InChI is InChI=1S/C9H12Cl2N2O2S/c1-6-7(8(10)13(2)12-6)5-9(3-4-9)16(11,14)15/h3-5H2,1-2H3. The summed E-state index contributed by atoms with van der Waals surface area (Å²) in [4.78, 5) is 0. The molecule has 90 valence electrons. The molecule has 0 amide bonds. The second-order valence-corrected chi connectivity index (χ2v) is 7.59. The van der Waals surface area contributed by atoms with Crippen LogP contribution in [0.5, 0.6) is 0 Å². The van der Waals surface area contributed by atoms with Crippen LogP contribution in [-0.2, 0) is 22.5 Å². The first-order valence-corrected chi connectivity index (χ1v) is 7.58. The minimum Gasteiger partial charge on any atom is -0.257 e. The van der Waals surface area contributed by atoms with Gasteiger partial charge in [-0.15, -0.1) is 0 Å². The lowest BCUT2D eigenvalue weighted by Crippen LogP contribution is -2.21. The van der Waals surface area contributed by atoms with Crippen LogP contribution in [0.15, 0.2) is 0 Å². The number of hydrogen-bond donors (Lipinski definition) is 0. The van der Waals surface area contributed by atoms with Crippen LogP contribution in [0.4, 0.5) is 0 Å². The van der Waals surface area contributed by atoms with Crippen molar-refractivity contribution in [3.8, 4) is 0 Å². The maximum Gasteiger partial charge on any atom is 0.238 e. The zero-order chi connectivity index (χ0) is 12.1. The Morgan fingerprint density at radius 3 is 2.38 bits per heavy atom. The van der Waals surface area contributed by atoms with Gasteiger partial charge in [-0.25, -0.2) is 8.42 Å². The summed E-state index contributed by atoms with van der Waals surface area (Å²) < 4.78 is 23.6. The number of aromatic nitrogens is 2. The molecule has 0 saturated heterocycles. The van der Waals surface area contributed by atoms with E-state index in [2.05, 4.69) is 5.10 Å². The zero-order valence-electron chi connectivity index (χ0n) is 9.00. The molecule has 1 aliphatic rings. The highest BCUT2D eigenvalue weighted by molar-refractivity contribution is 8.15. The van der Waals surface area contributed by atoms with Gasteiger partial charge in [0.1, 0.15) is 5.15 Å². The molecule has 0 radical (unpaired) electrons. The van der Waals surface area contributed by atoms with E-state index in [-0.39, 0.29) is 0 Å². The Balaban J connectivity index is 2.36. The number of rotatable bonds is 3. The van der Waals surface area contributed by atoms with E-state index in [9.17, 15) is 8.42 Å². The molecule has 1 aromatic heterocycles. The molecule has 0 unspecified atom stereocenters. The molecule has 1 aromatic rings. The molecule has 0 spiro atoms. The molecular formula is C9H12Cl2N2O2S. The SMILES string of the molecule is Cc1nn(C)c(Cl)c1CC1(S(=O)(=O)Cl)CC1. The minimum absolute atomic E-state index is 0.358. The van der Waals surface area contributed by atoms with Gasteiger partial charge in [0, 0.05) is 23.3 Å². The molecule has 0 bridgehead atoms. The highest BCUT2D eigenvalue weighted by atomic mass is 35.7. The molecule has 16 heavy (non-hydrogen) atoms. The van der Waals surface area contributed by atoms with Crippen LogP contribution < -0.4 is 0 Å². The van der Waals surface area contributed by atoms with Crippen molar-refractivity contribution in [3.63, 3.8) is 0 Å². The van der Waals surface area contributed by atoms with Crippen LogP contribution in [-0.4, -0.2) is 22.9 Å². The van der Waals surface area contributed by atoms with Gasteiger partial charge in [-0.2, -0.15) is 5.10 Å². The molecule has 2 rings (SSSR count). The van der Waals surface area contributed by atoms with Gasteiger partial charge in [0.05, 0.1) is 10.4 Å². The van der Waals surface area contributed by atoms with Gasteiger partial charge in [-0.3, -0.25) is 4.68 Å². The summed E-state index contributed by atoms with van der Waals surface area (Å²) in [7, 11) is 3.64. The van der Waals surface area contributed by atoms with E-state index in [4.69, 9.17) is 22.3 Å². The first-order valence-electron chi connectivity index (χ1n) is 4.89. The topological polar surface area (TPSA) is 52.0 Å². The average Bonchev–Trinajstić information content (AvgIpc) is 2.87. The van der Waals surface area contributed by atoms with Crippen LogP contribution in [0.3, 0.4) is 0 Å². The predicted molar refractivity (Wildman–Crippen MR) is 63.4 cm³/mol. The van der Waals surface area contributed by atoms with Crippen molar-refractivity contribution in [2.24, 2.45) is 7.05 Å². The van der Waals surface area contributed by atoms with Gasteiger partial charge in [-0.1, -0.05) is 11.6 Å². The summed E-state index contributed by atoms with van der Waals surface area (Å²) in [5.41, 5.74) is 1.55. The van der Waals surface area contributed by atoms with Crippen LogP contribution in [0, 0.1) is 6.92 Å². The Kier molecular flexibility index (Phi) is 2.76. The molecule has 0 aromatic carbocycles. The highest BCUT2D eigenvalue weighted by Gasteiger charge is 2.54. The quantitative estimate of drug-likeness (QED) is 0.797. The van der Waals surface area contributed by atoms with Crippen LogP contribution in [0.2, 0.25) is 5.15 Å². The lowest BCUT2D eigenvalue weighted by atomic mass is 10.1. The molecule has 1 saturated carbocycles. The third kappa shape index (κ3) is 1.85. The highest BCUT2D eigenvalue weighted by Crippen LogP contribution is 2.49. The van der Waals surface area contributed by atoms with Gasteiger partial charge < -0.3 is 0 Å². The molecule has 7 heteroatoms. The normalized spacial score (nSPS) is 18.8. The maximum atomic E-state index is 11.4. The van der Waals surface area contributed by atoms with Crippen molar-refractivity contribution in [3.05, 3.63) is 16.4 Å². The third-order valence-corrected chi connectivity index (χ3v) is 6.14. The largest absolute Gasteiger partial charge is 0.257 e. The third-order valence-electron chi connectivity index (χ3n) is 3.09. The van der Waals surface area contributed by atoms with Crippen molar-refractivity contribution >= 4 is 31.3 Å². The fourth-order valence-electron chi connectivity index (χ4n) is 1.84. The molecule has 0 N–H and O–H groups in total. The van der Waals surface area contributed by atoms with E-state index in [1.54, 1.807) is 11.7 Å². The van der Waals surface area contributed by atoms with Crippen LogP contribution >= 0.6 is 22.3 Å². The lowest BCUT2D eigenvalue weighted by Gasteiger charge is -2.10. The van der Waals surface area contributed by atoms with Crippen molar-refractivity contribution in [1.82, 2.24) is 9.78 Å². The van der Waals surface area contributed by atoms with E-state index in [0.717, 1.165) is 11.3 Å². The minimum atomic E-state index is -3.54. The van der Waals surface area contributed by atoms with Crippen molar-refractivity contribution in [2.45, 2.75) is 30.9 Å². The molecular weight excluding hydrogens is 271 g/mol. The number of halogens is 2. The molecule has 0 atom stereocenters. The Bertz CT molecular complexity index is 532. The number of aryl methyl sites for hydroxylation is 2. The van der Waals surface area contributed by atoms with Gasteiger partial charge in [0.2, 0.25) is 9.05 Å². The van der Waals surface area contributed by atoms with Crippen LogP contribution in [0.1, 0.15) is 24.1 Å². The molecule has 4 nitrogen and oxygen atoms in total.